The minimum Gasteiger partial charge on any atom is -0.362 e. The number of hydrogen-bond acceptors (Lipinski definition) is 4. The van der Waals surface area contributed by atoms with Gasteiger partial charge in [-0.05, 0) is 25.5 Å². The highest BCUT2D eigenvalue weighted by atomic mass is 32.2. The second kappa shape index (κ2) is 3.74. The van der Waals surface area contributed by atoms with E-state index in [1.54, 1.807) is 12.1 Å². The molecule has 0 amide bonds. The van der Waals surface area contributed by atoms with Crippen molar-refractivity contribution < 1.29 is 12.6 Å². The first-order chi connectivity index (χ1) is 6.03. The van der Waals surface area contributed by atoms with Crippen LogP contribution in [0, 0.1) is 6.92 Å². The standard InChI is InChI=1S/C8H11NO3S/c1-3-13(10,11)12-8-6-7(2)4-5-9-8/h4-6H,3H2,1-2H3. The molecule has 0 atom stereocenters. The zero-order valence-corrected chi connectivity index (χ0v) is 8.34. The van der Waals surface area contributed by atoms with Crippen molar-refractivity contribution in [2.75, 3.05) is 5.75 Å². The maximum Gasteiger partial charge on any atom is 0.310 e. The van der Waals surface area contributed by atoms with Gasteiger partial charge < -0.3 is 4.18 Å². The molecular weight excluding hydrogens is 190 g/mol. The third-order valence-electron chi connectivity index (χ3n) is 1.46. The molecule has 0 aliphatic rings. The van der Waals surface area contributed by atoms with Crippen molar-refractivity contribution >= 4 is 10.1 Å². The van der Waals surface area contributed by atoms with Crippen LogP contribution in [0.4, 0.5) is 0 Å². The Morgan fingerprint density at radius 2 is 2.23 bits per heavy atom. The summed E-state index contributed by atoms with van der Waals surface area (Å²) in [5.41, 5.74) is 0.913. The van der Waals surface area contributed by atoms with E-state index in [-0.39, 0.29) is 11.6 Å². The topological polar surface area (TPSA) is 56.3 Å². The van der Waals surface area contributed by atoms with Crippen molar-refractivity contribution in [2.45, 2.75) is 13.8 Å². The Bertz CT molecular complexity index is 386. The van der Waals surface area contributed by atoms with Crippen molar-refractivity contribution in [3.63, 3.8) is 0 Å². The van der Waals surface area contributed by atoms with Crippen LogP contribution in [-0.4, -0.2) is 19.2 Å². The van der Waals surface area contributed by atoms with Crippen molar-refractivity contribution in [2.24, 2.45) is 0 Å². The maximum absolute atomic E-state index is 11.0. The van der Waals surface area contributed by atoms with Gasteiger partial charge in [-0.15, -0.1) is 0 Å². The van der Waals surface area contributed by atoms with Crippen LogP contribution in [0.3, 0.4) is 0 Å². The lowest BCUT2D eigenvalue weighted by Gasteiger charge is -2.03. The van der Waals surface area contributed by atoms with E-state index in [1.807, 2.05) is 6.92 Å². The zero-order chi connectivity index (χ0) is 9.90. The van der Waals surface area contributed by atoms with E-state index in [0.29, 0.717) is 0 Å². The maximum atomic E-state index is 11.0. The Kier molecular flexibility index (Phi) is 2.87. The van der Waals surface area contributed by atoms with Crippen molar-refractivity contribution in [3.05, 3.63) is 23.9 Å². The van der Waals surface area contributed by atoms with Crippen LogP contribution >= 0.6 is 0 Å². The lowest BCUT2D eigenvalue weighted by molar-refractivity contribution is 0.477. The third-order valence-corrected chi connectivity index (χ3v) is 2.59. The molecule has 13 heavy (non-hydrogen) atoms. The second-order valence-electron chi connectivity index (χ2n) is 2.60. The Morgan fingerprint density at radius 3 is 2.77 bits per heavy atom. The molecule has 1 aromatic heterocycles. The van der Waals surface area contributed by atoms with Gasteiger partial charge >= 0.3 is 10.1 Å². The lowest BCUT2D eigenvalue weighted by atomic mass is 10.3. The summed E-state index contributed by atoms with van der Waals surface area (Å²) in [7, 11) is -3.45. The molecule has 1 heterocycles. The molecule has 0 saturated heterocycles. The van der Waals surface area contributed by atoms with E-state index < -0.39 is 10.1 Å². The van der Waals surface area contributed by atoms with Crippen LogP contribution in [0.2, 0.25) is 0 Å². The summed E-state index contributed by atoms with van der Waals surface area (Å²) in [6.45, 7) is 3.36. The molecular formula is C8H11NO3S. The molecule has 0 aromatic carbocycles. The van der Waals surface area contributed by atoms with Crippen LogP contribution < -0.4 is 4.18 Å². The number of aromatic nitrogens is 1. The second-order valence-corrected chi connectivity index (χ2v) is 4.46. The first-order valence-corrected chi connectivity index (χ1v) is 5.46. The van der Waals surface area contributed by atoms with Crippen molar-refractivity contribution in [3.8, 4) is 5.88 Å². The quantitative estimate of drug-likeness (QED) is 0.687. The Balaban J connectivity index is 2.87. The summed E-state index contributed by atoms with van der Waals surface area (Å²) >= 11 is 0. The minimum absolute atomic E-state index is 0.0530. The summed E-state index contributed by atoms with van der Waals surface area (Å²) in [6.07, 6.45) is 1.51. The predicted molar refractivity (Wildman–Crippen MR) is 49.1 cm³/mol. The molecule has 4 nitrogen and oxygen atoms in total. The van der Waals surface area contributed by atoms with Gasteiger partial charge in [0, 0.05) is 12.3 Å². The van der Waals surface area contributed by atoms with Crippen LogP contribution in [-0.2, 0) is 10.1 Å². The fourth-order valence-corrected chi connectivity index (χ4v) is 1.21. The normalized spacial score (nSPS) is 11.2. The van der Waals surface area contributed by atoms with Gasteiger partial charge in [0.05, 0.1) is 5.75 Å². The van der Waals surface area contributed by atoms with E-state index >= 15 is 0 Å². The smallest absolute Gasteiger partial charge is 0.310 e. The average Bonchev–Trinajstić information content (AvgIpc) is 2.03. The molecule has 0 radical (unpaired) electrons. The molecule has 0 aliphatic heterocycles. The largest absolute Gasteiger partial charge is 0.362 e. The Hall–Kier alpha value is -1.10. The van der Waals surface area contributed by atoms with Crippen molar-refractivity contribution in [1.82, 2.24) is 4.98 Å². The van der Waals surface area contributed by atoms with Gasteiger partial charge in [0.25, 0.3) is 0 Å². The van der Waals surface area contributed by atoms with Gasteiger partial charge in [-0.3, -0.25) is 0 Å². The molecule has 5 heteroatoms. The average molecular weight is 201 g/mol. The van der Waals surface area contributed by atoms with Crippen LogP contribution in [0.5, 0.6) is 5.88 Å². The Labute approximate surface area is 77.7 Å². The first-order valence-electron chi connectivity index (χ1n) is 3.88. The number of pyridine rings is 1. The summed E-state index contributed by atoms with van der Waals surface area (Å²) in [6, 6.07) is 3.35. The molecule has 0 saturated carbocycles. The van der Waals surface area contributed by atoms with E-state index in [9.17, 15) is 8.42 Å². The fourth-order valence-electron chi connectivity index (χ4n) is 0.743. The molecule has 0 bridgehead atoms. The predicted octanol–water partition coefficient (Wildman–Crippen LogP) is 1.12. The number of hydrogen-bond donors (Lipinski definition) is 0. The highest BCUT2D eigenvalue weighted by Crippen LogP contribution is 2.10. The summed E-state index contributed by atoms with van der Waals surface area (Å²) in [4.78, 5) is 3.77. The van der Waals surface area contributed by atoms with Crippen LogP contribution in [0.25, 0.3) is 0 Å². The first kappa shape index (κ1) is 9.98. The van der Waals surface area contributed by atoms with Crippen molar-refractivity contribution in [1.29, 1.82) is 0 Å². The highest BCUT2D eigenvalue weighted by molar-refractivity contribution is 7.87. The Morgan fingerprint density at radius 1 is 1.54 bits per heavy atom. The van der Waals surface area contributed by atoms with Crippen LogP contribution in [0.15, 0.2) is 18.3 Å². The van der Waals surface area contributed by atoms with Gasteiger partial charge in [-0.25, -0.2) is 4.98 Å². The SMILES string of the molecule is CCS(=O)(=O)Oc1cc(C)ccn1. The van der Waals surface area contributed by atoms with Gasteiger partial charge in [-0.1, -0.05) is 0 Å². The molecule has 1 aromatic rings. The summed E-state index contributed by atoms with van der Waals surface area (Å²) < 4.78 is 26.7. The number of aryl methyl sites for hydroxylation is 1. The van der Waals surface area contributed by atoms with E-state index in [4.69, 9.17) is 4.18 Å². The molecule has 0 fully saturated rings. The molecule has 0 N–H and O–H groups in total. The number of nitrogens with zero attached hydrogens (tertiary/aromatic N) is 1. The lowest BCUT2D eigenvalue weighted by Crippen LogP contribution is -2.12. The monoisotopic (exact) mass is 201 g/mol. The molecule has 72 valence electrons. The number of rotatable bonds is 3. The van der Waals surface area contributed by atoms with Gasteiger partial charge in [0.2, 0.25) is 5.88 Å². The zero-order valence-electron chi connectivity index (χ0n) is 7.52. The summed E-state index contributed by atoms with van der Waals surface area (Å²) in [5.74, 6) is 0.0738. The van der Waals surface area contributed by atoms with Gasteiger partial charge in [0.15, 0.2) is 0 Å². The molecule has 0 aliphatic carbocycles. The third kappa shape index (κ3) is 3.02. The van der Waals surface area contributed by atoms with E-state index in [0.717, 1.165) is 5.56 Å². The fraction of sp³-hybridized carbons (Fsp3) is 0.375. The van der Waals surface area contributed by atoms with Gasteiger partial charge in [-0.2, -0.15) is 8.42 Å². The van der Waals surface area contributed by atoms with Gasteiger partial charge in [0.1, 0.15) is 0 Å². The molecule has 0 spiro atoms. The molecule has 1 rings (SSSR count). The summed E-state index contributed by atoms with van der Waals surface area (Å²) in [5, 5.41) is 0. The van der Waals surface area contributed by atoms with E-state index in [1.165, 1.54) is 13.1 Å². The van der Waals surface area contributed by atoms with Crippen LogP contribution in [0.1, 0.15) is 12.5 Å². The van der Waals surface area contributed by atoms with E-state index in [2.05, 4.69) is 4.98 Å². The molecule has 0 unspecified atom stereocenters. The minimum atomic E-state index is -3.45. The highest BCUT2D eigenvalue weighted by Gasteiger charge is 2.09.